The minimum Gasteiger partial charge on any atom is -0.467 e. The zero-order chi connectivity index (χ0) is 16.7. The van der Waals surface area contributed by atoms with E-state index in [0.717, 1.165) is 18.7 Å². The van der Waals surface area contributed by atoms with Crippen LogP contribution in [0.1, 0.15) is 43.5 Å². The monoisotopic (exact) mass is 351 g/mol. The summed E-state index contributed by atoms with van der Waals surface area (Å²) in [5.41, 5.74) is 0. The maximum Gasteiger partial charge on any atom is 0.318 e. The number of hydrogen-bond donors (Lipinski definition) is 0. The van der Waals surface area contributed by atoms with Crippen molar-refractivity contribution in [1.82, 2.24) is 20.1 Å². The number of methoxy groups -OCH3 is 1. The fourth-order valence-corrected chi connectivity index (χ4v) is 3.02. The van der Waals surface area contributed by atoms with Gasteiger partial charge in [0.1, 0.15) is 5.02 Å². The van der Waals surface area contributed by atoms with Crippen LogP contribution in [-0.2, 0) is 4.74 Å². The molecule has 2 atom stereocenters. The molecule has 2 aromatic rings. The Balaban J connectivity index is 1.58. The van der Waals surface area contributed by atoms with Crippen LogP contribution in [0.15, 0.2) is 10.7 Å². The molecule has 0 spiro atoms. The molecule has 1 aliphatic heterocycles. The third-order valence-electron chi connectivity index (χ3n) is 4.12. The van der Waals surface area contributed by atoms with Gasteiger partial charge in [0.2, 0.25) is 0 Å². The van der Waals surface area contributed by atoms with Gasteiger partial charge in [0.25, 0.3) is 5.89 Å². The molecular weight excluding hydrogens is 334 g/mol. The Bertz CT molecular complexity index is 736. The topological polar surface area (TPSA) is 86.4 Å². The van der Waals surface area contributed by atoms with Gasteiger partial charge >= 0.3 is 6.01 Å². The van der Waals surface area contributed by atoms with Crippen molar-refractivity contribution in [3.8, 4) is 6.01 Å². The predicted molar refractivity (Wildman–Crippen MR) is 85.4 cm³/mol. The Morgan fingerprint density at radius 1 is 1.29 bits per heavy atom. The molecule has 0 unspecified atom stereocenters. The highest BCUT2D eigenvalue weighted by atomic mass is 35.5. The van der Waals surface area contributed by atoms with Crippen molar-refractivity contribution in [2.24, 2.45) is 0 Å². The summed E-state index contributed by atoms with van der Waals surface area (Å²) in [5, 5.41) is 4.53. The summed E-state index contributed by atoms with van der Waals surface area (Å²) in [6.45, 7) is 3.17. The van der Waals surface area contributed by atoms with Crippen LogP contribution in [0.5, 0.6) is 6.01 Å². The van der Waals surface area contributed by atoms with E-state index in [4.69, 9.17) is 25.6 Å². The molecule has 1 saturated carbocycles. The van der Waals surface area contributed by atoms with Gasteiger partial charge in [0.15, 0.2) is 17.7 Å². The van der Waals surface area contributed by atoms with Gasteiger partial charge in [-0.2, -0.15) is 9.97 Å². The Hall–Kier alpha value is -1.93. The van der Waals surface area contributed by atoms with Crippen molar-refractivity contribution >= 4 is 17.4 Å². The summed E-state index contributed by atoms with van der Waals surface area (Å²) in [6.07, 6.45) is 3.45. The first-order chi connectivity index (χ1) is 11.6. The number of nitrogens with zero attached hydrogens (tertiary/aromatic N) is 5. The number of aromatic nitrogens is 4. The highest BCUT2D eigenvalue weighted by Crippen LogP contribution is 2.39. The largest absolute Gasteiger partial charge is 0.467 e. The van der Waals surface area contributed by atoms with Gasteiger partial charge < -0.3 is 18.9 Å². The molecule has 9 heteroatoms. The highest BCUT2D eigenvalue weighted by molar-refractivity contribution is 6.32. The quantitative estimate of drug-likeness (QED) is 0.829. The molecular formula is C15H18ClN5O3. The van der Waals surface area contributed by atoms with Crippen molar-refractivity contribution in [1.29, 1.82) is 0 Å². The molecule has 2 fully saturated rings. The van der Waals surface area contributed by atoms with Crippen LogP contribution in [0.3, 0.4) is 0 Å². The summed E-state index contributed by atoms with van der Waals surface area (Å²) in [4.78, 5) is 14.9. The van der Waals surface area contributed by atoms with Crippen LogP contribution in [0.4, 0.5) is 5.82 Å². The lowest BCUT2D eigenvalue weighted by molar-refractivity contribution is -0.0334. The minimum absolute atomic E-state index is 0.0305. The number of halogens is 1. The third kappa shape index (κ3) is 3.03. The zero-order valence-electron chi connectivity index (χ0n) is 13.5. The molecule has 1 saturated heterocycles. The van der Waals surface area contributed by atoms with E-state index in [2.05, 4.69) is 20.1 Å². The van der Waals surface area contributed by atoms with Gasteiger partial charge in [-0.25, -0.2) is 4.98 Å². The minimum atomic E-state index is -0.314. The summed E-state index contributed by atoms with van der Waals surface area (Å²) >= 11 is 6.27. The number of anilines is 1. The summed E-state index contributed by atoms with van der Waals surface area (Å²) in [6, 6.07) is 0.277. The molecule has 1 aliphatic carbocycles. The fourth-order valence-electron chi connectivity index (χ4n) is 2.81. The number of ether oxygens (including phenoxy) is 2. The van der Waals surface area contributed by atoms with Gasteiger partial charge in [0, 0.05) is 12.5 Å². The van der Waals surface area contributed by atoms with E-state index in [1.807, 2.05) is 11.8 Å². The van der Waals surface area contributed by atoms with Crippen LogP contribution in [-0.4, -0.2) is 46.4 Å². The van der Waals surface area contributed by atoms with Gasteiger partial charge in [-0.05, 0) is 19.8 Å². The molecule has 8 nitrogen and oxygen atoms in total. The van der Waals surface area contributed by atoms with Crippen molar-refractivity contribution < 1.29 is 14.0 Å². The second-order valence-corrected chi connectivity index (χ2v) is 6.54. The average molecular weight is 352 g/mol. The second kappa shape index (κ2) is 6.18. The Morgan fingerprint density at radius 2 is 2.12 bits per heavy atom. The van der Waals surface area contributed by atoms with Gasteiger partial charge in [0.05, 0.1) is 26.0 Å². The van der Waals surface area contributed by atoms with Crippen molar-refractivity contribution in [2.75, 3.05) is 25.1 Å². The molecule has 2 aliphatic rings. The van der Waals surface area contributed by atoms with Gasteiger partial charge in [-0.15, -0.1) is 0 Å². The van der Waals surface area contributed by atoms with Gasteiger partial charge in [-0.3, -0.25) is 0 Å². The van der Waals surface area contributed by atoms with Gasteiger partial charge in [-0.1, -0.05) is 16.8 Å². The maximum atomic E-state index is 6.27. The normalized spacial score (nSPS) is 24.2. The van der Waals surface area contributed by atoms with E-state index in [1.165, 1.54) is 13.3 Å². The fraction of sp³-hybridized carbons (Fsp3) is 0.600. The lowest BCUT2D eigenvalue weighted by Crippen LogP contribution is -2.43. The van der Waals surface area contributed by atoms with E-state index >= 15 is 0 Å². The van der Waals surface area contributed by atoms with Crippen LogP contribution in [0, 0.1) is 0 Å². The summed E-state index contributed by atoms with van der Waals surface area (Å²) < 4.78 is 16.5. The molecule has 2 aromatic heterocycles. The van der Waals surface area contributed by atoms with Crippen molar-refractivity contribution in [3.05, 3.63) is 22.9 Å². The maximum absolute atomic E-state index is 6.27. The first-order valence-electron chi connectivity index (χ1n) is 7.94. The number of hydrogen-bond acceptors (Lipinski definition) is 8. The number of rotatable bonds is 4. The first-order valence-corrected chi connectivity index (χ1v) is 8.32. The summed E-state index contributed by atoms with van der Waals surface area (Å²) in [5.74, 6) is 2.34. The smallest absolute Gasteiger partial charge is 0.318 e. The molecule has 3 heterocycles. The Morgan fingerprint density at radius 3 is 2.88 bits per heavy atom. The van der Waals surface area contributed by atoms with E-state index in [-0.39, 0.29) is 18.2 Å². The van der Waals surface area contributed by atoms with Crippen LogP contribution in [0.2, 0.25) is 5.02 Å². The second-order valence-electron chi connectivity index (χ2n) is 6.13. The Kier molecular flexibility index (Phi) is 4.01. The molecule has 4 rings (SSSR count). The van der Waals surface area contributed by atoms with Crippen molar-refractivity contribution in [2.45, 2.75) is 37.9 Å². The first kappa shape index (κ1) is 15.6. The Labute approximate surface area is 144 Å². The average Bonchev–Trinajstić information content (AvgIpc) is 3.31. The molecule has 0 bridgehead atoms. The lowest BCUT2D eigenvalue weighted by Gasteiger charge is -2.36. The standard InChI is InChI=1S/C15H18ClN5O3/c1-8-6-21(13-10(16)5-17-15(19-13)22-2)7-11(23-8)14-18-12(20-24-14)9-3-4-9/h5,8-9,11H,3-4,6-7H2,1-2H3/t8-,11-/m1/s1. The van der Waals surface area contributed by atoms with Crippen LogP contribution < -0.4 is 9.64 Å². The highest BCUT2D eigenvalue weighted by Gasteiger charge is 2.35. The van der Waals surface area contributed by atoms with E-state index in [9.17, 15) is 0 Å². The van der Waals surface area contributed by atoms with Crippen LogP contribution >= 0.6 is 11.6 Å². The summed E-state index contributed by atoms with van der Waals surface area (Å²) in [7, 11) is 1.52. The SMILES string of the molecule is COc1ncc(Cl)c(N2C[C@@H](C)O[C@@H](c3nc(C4CC4)no3)C2)n1. The zero-order valence-corrected chi connectivity index (χ0v) is 14.2. The molecule has 24 heavy (non-hydrogen) atoms. The molecule has 0 N–H and O–H groups in total. The lowest BCUT2D eigenvalue weighted by atomic mass is 10.2. The van der Waals surface area contributed by atoms with Crippen LogP contribution in [0.25, 0.3) is 0 Å². The predicted octanol–water partition coefficient (Wildman–Crippen LogP) is 2.37. The molecule has 0 aromatic carbocycles. The molecule has 0 amide bonds. The molecule has 0 radical (unpaired) electrons. The van der Waals surface area contributed by atoms with E-state index in [1.54, 1.807) is 0 Å². The molecule has 128 valence electrons. The third-order valence-corrected chi connectivity index (χ3v) is 4.39. The van der Waals surface area contributed by atoms with E-state index in [0.29, 0.717) is 35.7 Å². The number of morpholine rings is 1. The van der Waals surface area contributed by atoms with E-state index < -0.39 is 0 Å². The van der Waals surface area contributed by atoms with Crippen molar-refractivity contribution in [3.63, 3.8) is 0 Å².